The van der Waals surface area contributed by atoms with Crippen molar-refractivity contribution in [3.63, 3.8) is 0 Å². The van der Waals surface area contributed by atoms with Crippen molar-refractivity contribution >= 4 is 11.6 Å². The van der Waals surface area contributed by atoms with Crippen LogP contribution in [0.4, 0.5) is 5.95 Å². The summed E-state index contributed by atoms with van der Waals surface area (Å²) in [6, 6.07) is 11.2. The summed E-state index contributed by atoms with van der Waals surface area (Å²) in [5.74, 6) is 0.939. The average Bonchev–Trinajstić information content (AvgIpc) is 3.37. The fraction of sp³-hybridized carbons (Fsp3) is 0.143. The molecule has 0 saturated heterocycles. The Morgan fingerprint density at radius 1 is 1.19 bits per heavy atom. The highest BCUT2D eigenvalue weighted by atomic mass is 16.5. The molecule has 0 bridgehead atoms. The van der Waals surface area contributed by atoms with Gasteiger partial charge in [-0.1, -0.05) is 30.3 Å². The lowest BCUT2D eigenvalue weighted by Gasteiger charge is -2.12. The maximum absolute atomic E-state index is 13.2. The smallest absolute Gasteiger partial charge is 0.353 e. The standard InChI is InChI=1S/C21H18N8O3/c1-12-15(23-11-32-12)10-28-21(30)29-19(27-28)17(14-8-16(31-2)26-24-9-14)18(25-20(29)22)13-6-4-3-5-7-13/h3-9,11H,10H2,1-2H3,(H2,22,25). The van der Waals surface area contributed by atoms with E-state index >= 15 is 0 Å². The van der Waals surface area contributed by atoms with Crippen LogP contribution in [0.2, 0.25) is 0 Å². The molecule has 2 N–H and O–H groups in total. The third-order valence-corrected chi connectivity index (χ3v) is 5.08. The van der Waals surface area contributed by atoms with Gasteiger partial charge in [-0.15, -0.1) is 10.2 Å². The number of aromatic nitrogens is 7. The van der Waals surface area contributed by atoms with Crippen molar-refractivity contribution in [2.75, 3.05) is 12.8 Å². The van der Waals surface area contributed by atoms with E-state index in [4.69, 9.17) is 14.9 Å². The van der Waals surface area contributed by atoms with E-state index in [1.807, 2.05) is 30.3 Å². The van der Waals surface area contributed by atoms with Gasteiger partial charge in [-0.05, 0) is 6.92 Å². The highest BCUT2D eigenvalue weighted by Crippen LogP contribution is 2.34. The molecule has 0 aliphatic rings. The number of hydrogen-bond donors (Lipinski definition) is 1. The molecule has 0 aliphatic heterocycles. The van der Waals surface area contributed by atoms with Crippen molar-refractivity contribution < 1.29 is 9.15 Å². The number of oxazole rings is 1. The lowest BCUT2D eigenvalue weighted by molar-refractivity contribution is 0.392. The molecular weight excluding hydrogens is 412 g/mol. The van der Waals surface area contributed by atoms with E-state index in [-0.39, 0.29) is 12.5 Å². The Bertz CT molecular complexity index is 1490. The molecule has 1 aromatic carbocycles. The van der Waals surface area contributed by atoms with Gasteiger partial charge in [0.1, 0.15) is 11.5 Å². The van der Waals surface area contributed by atoms with Gasteiger partial charge in [0.2, 0.25) is 11.8 Å². The highest BCUT2D eigenvalue weighted by Gasteiger charge is 2.22. The first-order chi connectivity index (χ1) is 15.6. The quantitative estimate of drug-likeness (QED) is 0.443. The van der Waals surface area contributed by atoms with Crippen molar-refractivity contribution in [2.45, 2.75) is 13.5 Å². The van der Waals surface area contributed by atoms with E-state index in [9.17, 15) is 4.79 Å². The minimum atomic E-state index is -0.442. The lowest BCUT2D eigenvalue weighted by atomic mass is 10.0. The molecule has 32 heavy (non-hydrogen) atoms. The van der Waals surface area contributed by atoms with Gasteiger partial charge in [0.15, 0.2) is 12.0 Å². The number of nitrogens with zero attached hydrogens (tertiary/aromatic N) is 7. The van der Waals surface area contributed by atoms with Crippen LogP contribution in [0.25, 0.3) is 28.0 Å². The van der Waals surface area contributed by atoms with Crippen LogP contribution in [0.5, 0.6) is 5.88 Å². The van der Waals surface area contributed by atoms with Gasteiger partial charge in [-0.2, -0.15) is 5.10 Å². The van der Waals surface area contributed by atoms with Crippen LogP contribution >= 0.6 is 0 Å². The van der Waals surface area contributed by atoms with Crippen LogP contribution in [0.3, 0.4) is 0 Å². The molecule has 11 nitrogen and oxygen atoms in total. The SMILES string of the molecule is COc1cc(-c2c(-c3ccccc3)nc(N)n3c(=O)n(Cc4ncoc4C)nc23)cnn1. The summed E-state index contributed by atoms with van der Waals surface area (Å²) >= 11 is 0. The van der Waals surface area contributed by atoms with Crippen LogP contribution in [-0.2, 0) is 6.54 Å². The van der Waals surface area contributed by atoms with Crippen molar-refractivity contribution in [1.82, 2.24) is 34.3 Å². The molecule has 160 valence electrons. The predicted molar refractivity (Wildman–Crippen MR) is 115 cm³/mol. The number of fused-ring (bicyclic) bond motifs is 1. The molecule has 0 amide bonds. The number of hydrogen-bond acceptors (Lipinski definition) is 9. The second-order valence-electron chi connectivity index (χ2n) is 7.00. The van der Waals surface area contributed by atoms with Crippen molar-refractivity contribution in [3.8, 4) is 28.3 Å². The summed E-state index contributed by atoms with van der Waals surface area (Å²) in [7, 11) is 1.50. The first kappa shape index (κ1) is 19.4. The van der Waals surface area contributed by atoms with Gasteiger partial charge < -0.3 is 14.9 Å². The summed E-state index contributed by atoms with van der Waals surface area (Å²) in [5, 5.41) is 12.5. The van der Waals surface area contributed by atoms with E-state index < -0.39 is 5.69 Å². The van der Waals surface area contributed by atoms with Crippen molar-refractivity contribution in [3.05, 3.63) is 70.9 Å². The van der Waals surface area contributed by atoms with Crippen LogP contribution in [0, 0.1) is 6.92 Å². The maximum Gasteiger partial charge on any atom is 0.353 e. The van der Waals surface area contributed by atoms with Crippen molar-refractivity contribution in [1.29, 1.82) is 0 Å². The Labute approximate surface area is 181 Å². The maximum atomic E-state index is 13.2. The summed E-state index contributed by atoms with van der Waals surface area (Å²) in [5.41, 5.74) is 9.28. The van der Waals surface area contributed by atoms with Gasteiger partial charge in [-0.25, -0.2) is 23.8 Å². The van der Waals surface area contributed by atoms with Gasteiger partial charge >= 0.3 is 5.69 Å². The topological polar surface area (TPSA) is 139 Å². The van der Waals surface area contributed by atoms with Crippen LogP contribution in [0.15, 0.2) is 58.2 Å². The Balaban J connectivity index is 1.82. The van der Waals surface area contributed by atoms with E-state index in [2.05, 4.69) is 25.3 Å². The highest BCUT2D eigenvalue weighted by molar-refractivity contribution is 5.90. The van der Waals surface area contributed by atoms with Crippen LogP contribution in [-0.4, -0.2) is 41.5 Å². The van der Waals surface area contributed by atoms with Gasteiger partial charge in [0.05, 0.1) is 31.1 Å². The number of aryl methyl sites for hydroxylation is 1. The molecule has 0 fully saturated rings. The molecule has 0 saturated carbocycles. The third kappa shape index (κ3) is 3.16. The molecule has 0 aliphatic carbocycles. The number of benzene rings is 1. The minimum Gasteiger partial charge on any atom is -0.480 e. The summed E-state index contributed by atoms with van der Waals surface area (Å²) in [4.78, 5) is 21.9. The summed E-state index contributed by atoms with van der Waals surface area (Å²) in [6.07, 6.45) is 2.89. The van der Waals surface area contributed by atoms with Gasteiger partial charge in [-0.3, -0.25) is 0 Å². The predicted octanol–water partition coefficient (Wildman–Crippen LogP) is 1.95. The molecule has 4 aromatic heterocycles. The number of ether oxygens (including phenoxy) is 1. The van der Waals surface area contributed by atoms with Crippen molar-refractivity contribution in [2.24, 2.45) is 0 Å². The molecule has 11 heteroatoms. The first-order valence-corrected chi connectivity index (χ1v) is 9.67. The van der Waals surface area contributed by atoms with E-state index in [1.165, 1.54) is 22.6 Å². The zero-order valence-electron chi connectivity index (χ0n) is 17.3. The normalized spacial score (nSPS) is 11.2. The number of nitrogens with two attached hydrogens (primary N) is 1. The van der Waals surface area contributed by atoms with Crippen LogP contribution < -0.4 is 16.2 Å². The molecule has 4 heterocycles. The Hall–Kier alpha value is -4.54. The second-order valence-corrected chi connectivity index (χ2v) is 7.00. The summed E-state index contributed by atoms with van der Waals surface area (Å²) < 4.78 is 13.0. The van der Waals surface area contributed by atoms with E-state index in [0.29, 0.717) is 39.8 Å². The number of nitrogen functional groups attached to an aromatic ring is 1. The van der Waals surface area contributed by atoms with E-state index in [1.54, 1.807) is 19.2 Å². The fourth-order valence-electron chi connectivity index (χ4n) is 3.48. The number of anilines is 1. The first-order valence-electron chi connectivity index (χ1n) is 9.67. The van der Waals surface area contributed by atoms with Gasteiger partial charge in [0.25, 0.3) is 0 Å². The molecule has 0 spiro atoms. The second kappa shape index (κ2) is 7.61. The zero-order chi connectivity index (χ0) is 22.2. The summed E-state index contributed by atoms with van der Waals surface area (Å²) in [6.45, 7) is 1.90. The lowest BCUT2D eigenvalue weighted by Crippen LogP contribution is -2.24. The largest absolute Gasteiger partial charge is 0.480 e. The molecular formula is C21H18N8O3. The molecule has 0 atom stereocenters. The Morgan fingerprint density at radius 2 is 2.00 bits per heavy atom. The number of methoxy groups -OCH3 is 1. The minimum absolute atomic E-state index is 0.0182. The Kier molecular flexibility index (Phi) is 4.62. The molecule has 0 unspecified atom stereocenters. The van der Waals surface area contributed by atoms with E-state index in [0.717, 1.165) is 5.56 Å². The average molecular weight is 430 g/mol. The fourth-order valence-corrected chi connectivity index (χ4v) is 3.48. The molecule has 0 radical (unpaired) electrons. The molecule has 5 rings (SSSR count). The molecule has 5 aromatic rings. The van der Waals surface area contributed by atoms with Crippen LogP contribution in [0.1, 0.15) is 11.5 Å². The number of rotatable bonds is 5. The Morgan fingerprint density at radius 3 is 2.72 bits per heavy atom. The zero-order valence-corrected chi connectivity index (χ0v) is 17.3. The monoisotopic (exact) mass is 430 g/mol. The van der Waals surface area contributed by atoms with Gasteiger partial charge in [0, 0.05) is 17.2 Å². The third-order valence-electron chi connectivity index (χ3n) is 5.08.